The number of piperidine rings is 1. The predicted octanol–water partition coefficient (Wildman–Crippen LogP) is 3.25. The Morgan fingerprint density at radius 3 is 2.88 bits per heavy atom. The number of rotatable bonds is 1. The molecule has 2 N–H and O–H groups in total. The van der Waals surface area contributed by atoms with Crippen molar-refractivity contribution in [3.8, 4) is 0 Å². The zero-order valence-electron chi connectivity index (χ0n) is 10.6. The lowest BCUT2D eigenvalue weighted by Crippen LogP contribution is -2.28. The number of aromatic nitrogens is 1. The van der Waals surface area contributed by atoms with Crippen LogP contribution >= 0.6 is 0 Å². The first kappa shape index (κ1) is 10.8. The fourth-order valence-corrected chi connectivity index (χ4v) is 2.81. The maximum absolute atomic E-state index is 3.63. The second-order valence-electron chi connectivity index (χ2n) is 5.24. The van der Waals surface area contributed by atoms with Crippen LogP contribution in [0.4, 0.5) is 0 Å². The average molecular weight is 228 g/mol. The fourth-order valence-electron chi connectivity index (χ4n) is 2.81. The molecule has 1 aliphatic rings. The summed E-state index contributed by atoms with van der Waals surface area (Å²) < 4.78 is 0. The second-order valence-corrected chi connectivity index (χ2v) is 5.24. The summed E-state index contributed by atoms with van der Waals surface area (Å²) in [6, 6.07) is 6.78. The minimum absolute atomic E-state index is 0.663. The standard InChI is InChI=1S/C15H20N2/c1-10-5-6-12-8-14(17-15(12)11(10)2)13-4-3-7-16-9-13/h5-6,8,13,16-17H,3-4,7,9H2,1-2H3. The molecule has 0 saturated carbocycles. The van der Waals surface area contributed by atoms with E-state index in [1.807, 2.05) is 0 Å². The third-order valence-corrected chi connectivity index (χ3v) is 4.09. The van der Waals surface area contributed by atoms with Gasteiger partial charge in [0, 0.05) is 23.7 Å². The third-order valence-electron chi connectivity index (χ3n) is 4.09. The van der Waals surface area contributed by atoms with Crippen LogP contribution in [0.15, 0.2) is 18.2 Å². The van der Waals surface area contributed by atoms with E-state index in [4.69, 9.17) is 0 Å². The highest BCUT2D eigenvalue weighted by Gasteiger charge is 2.17. The third kappa shape index (κ3) is 1.87. The highest BCUT2D eigenvalue weighted by atomic mass is 14.9. The van der Waals surface area contributed by atoms with E-state index in [2.05, 4.69) is 42.3 Å². The Labute approximate surface area is 102 Å². The molecule has 1 aromatic heterocycles. The summed E-state index contributed by atoms with van der Waals surface area (Å²) in [5, 5.41) is 4.84. The zero-order valence-corrected chi connectivity index (χ0v) is 10.6. The molecule has 0 spiro atoms. The van der Waals surface area contributed by atoms with Crippen molar-refractivity contribution in [3.05, 3.63) is 35.0 Å². The Hall–Kier alpha value is -1.28. The molecule has 1 aromatic carbocycles. The monoisotopic (exact) mass is 228 g/mol. The van der Waals surface area contributed by atoms with E-state index >= 15 is 0 Å². The fraction of sp³-hybridized carbons (Fsp3) is 0.467. The van der Waals surface area contributed by atoms with Gasteiger partial charge in [0.2, 0.25) is 0 Å². The Balaban J connectivity index is 2.04. The molecule has 1 atom stereocenters. The quantitative estimate of drug-likeness (QED) is 0.770. The van der Waals surface area contributed by atoms with E-state index in [1.165, 1.54) is 47.1 Å². The Morgan fingerprint density at radius 2 is 2.12 bits per heavy atom. The molecule has 1 unspecified atom stereocenters. The molecular formula is C15H20N2. The molecule has 0 bridgehead atoms. The molecule has 2 heterocycles. The summed E-state index contributed by atoms with van der Waals surface area (Å²) in [4.78, 5) is 3.63. The first-order chi connectivity index (χ1) is 8.25. The van der Waals surface area contributed by atoms with Gasteiger partial charge in [-0.25, -0.2) is 0 Å². The van der Waals surface area contributed by atoms with E-state index in [0.717, 1.165) is 6.54 Å². The van der Waals surface area contributed by atoms with E-state index in [0.29, 0.717) is 5.92 Å². The number of hydrogen-bond donors (Lipinski definition) is 2. The van der Waals surface area contributed by atoms with Gasteiger partial charge in [-0.2, -0.15) is 0 Å². The normalized spacial score (nSPS) is 20.9. The maximum Gasteiger partial charge on any atom is 0.0488 e. The van der Waals surface area contributed by atoms with Crippen LogP contribution < -0.4 is 5.32 Å². The first-order valence-electron chi connectivity index (χ1n) is 6.55. The lowest BCUT2D eigenvalue weighted by molar-refractivity contribution is 0.456. The average Bonchev–Trinajstić information content (AvgIpc) is 2.80. The minimum atomic E-state index is 0.663. The summed E-state index contributed by atoms with van der Waals surface area (Å²) >= 11 is 0. The molecule has 0 amide bonds. The van der Waals surface area contributed by atoms with E-state index in [9.17, 15) is 0 Å². The van der Waals surface area contributed by atoms with Gasteiger partial charge >= 0.3 is 0 Å². The van der Waals surface area contributed by atoms with Gasteiger partial charge in [-0.3, -0.25) is 0 Å². The van der Waals surface area contributed by atoms with Crippen molar-refractivity contribution in [2.45, 2.75) is 32.6 Å². The molecule has 1 saturated heterocycles. The molecule has 17 heavy (non-hydrogen) atoms. The summed E-state index contributed by atoms with van der Waals surface area (Å²) in [6.07, 6.45) is 2.59. The molecule has 1 fully saturated rings. The van der Waals surface area contributed by atoms with Crippen LogP contribution in [0.3, 0.4) is 0 Å². The van der Waals surface area contributed by atoms with Crippen molar-refractivity contribution in [3.63, 3.8) is 0 Å². The number of aromatic amines is 1. The molecule has 3 rings (SSSR count). The molecule has 2 aromatic rings. The number of aryl methyl sites for hydroxylation is 2. The number of nitrogens with one attached hydrogen (secondary N) is 2. The van der Waals surface area contributed by atoms with Crippen molar-refractivity contribution in [2.75, 3.05) is 13.1 Å². The van der Waals surface area contributed by atoms with E-state index < -0.39 is 0 Å². The second kappa shape index (κ2) is 4.19. The molecule has 0 aliphatic carbocycles. The SMILES string of the molecule is Cc1ccc2cc(C3CCCNC3)[nH]c2c1C. The maximum atomic E-state index is 3.63. The Morgan fingerprint density at radius 1 is 1.24 bits per heavy atom. The van der Waals surface area contributed by atoms with E-state index in [-0.39, 0.29) is 0 Å². The highest BCUT2D eigenvalue weighted by Crippen LogP contribution is 2.28. The lowest BCUT2D eigenvalue weighted by atomic mass is 9.96. The molecule has 90 valence electrons. The van der Waals surface area contributed by atoms with Crippen LogP contribution in [0.1, 0.15) is 35.6 Å². The lowest BCUT2D eigenvalue weighted by Gasteiger charge is -2.21. The van der Waals surface area contributed by atoms with Crippen LogP contribution in [0.25, 0.3) is 10.9 Å². The Bertz CT molecular complexity index is 533. The Kier molecular flexibility index (Phi) is 2.67. The van der Waals surface area contributed by atoms with Crippen LogP contribution in [0.5, 0.6) is 0 Å². The summed E-state index contributed by atoms with van der Waals surface area (Å²) in [5.74, 6) is 0.663. The molecule has 2 heteroatoms. The van der Waals surface area contributed by atoms with Crippen LogP contribution in [0, 0.1) is 13.8 Å². The van der Waals surface area contributed by atoms with Gasteiger partial charge in [0.25, 0.3) is 0 Å². The largest absolute Gasteiger partial charge is 0.358 e. The number of benzene rings is 1. The van der Waals surface area contributed by atoms with Gasteiger partial charge in [-0.1, -0.05) is 12.1 Å². The van der Waals surface area contributed by atoms with Crippen molar-refractivity contribution in [1.29, 1.82) is 0 Å². The van der Waals surface area contributed by atoms with Crippen LogP contribution in [-0.2, 0) is 0 Å². The highest BCUT2D eigenvalue weighted by molar-refractivity contribution is 5.84. The minimum Gasteiger partial charge on any atom is -0.358 e. The molecular weight excluding hydrogens is 208 g/mol. The van der Waals surface area contributed by atoms with Gasteiger partial charge in [0.1, 0.15) is 0 Å². The predicted molar refractivity (Wildman–Crippen MR) is 72.6 cm³/mol. The van der Waals surface area contributed by atoms with Gasteiger partial charge in [0.15, 0.2) is 0 Å². The van der Waals surface area contributed by atoms with Gasteiger partial charge in [0.05, 0.1) is 0 Å². The molecule has 1 aliphatic heterocycles. The smallest absolute Gasteiger partial charge is 0.0488 e. The molecule has 2 nitrogen and oxygen atoms in total. The van der Waals surface area contributed by atoms with Gasteiger partial charge < -0.3 is 10.3 Å². The summed E-state index contributed by atoms with van der Waals surface area (Å²) in [7, 11) is 0. The van der Waals surface area contributed by atoms with Gasteiger partial charge in [-0.05, 0) is 55.8 Å². The number of H-pyrrole nitrogens is 1. The molecule has 0 radical (unpaired) electrons. The van der Waals surface area contributed by atoms with E-state index in [1.54, 1.807) is 0 Å². The van der Waals surface area contributed by atoms with Gasteiger partial charge in [-0.15, -0.1) is 0 Å². The van der Waals surface area contributed by atoms with Crippen molar-refractivity contribution in [2.24, 2.45) is 0 Å². The first-order valence-corrected chi connectivity index (χ1v) is 6.55. The van der Waals surface area contributed by atoms with Crippen LogP contribution in [-0.4, -0.2) is 18.1 Å². The van der Waals surface area contributed by atoms with Crippen molar-refractivity contribution in [1.82, 2.24) is 10.3 Å². The zero-order chi connectivity index (χ0) is 11.8. The van der Waals surface area contributed by atoms with Crippen molar-refractivity contribution >= 4 is 10.9 Å². The number of hydrogen-bond acceptors (Lipinski definition) is 1. The summed E-state index contributed by atoms with van der Waals surface area (Å²) in [5.41, 5.74) is 5.48. The van der Waals surface area contributed by atoms with Crippen molar-refractivity contribution < 1.29 is 0 Å². The topological polar surface area (TPSA) is 27.8 Å². The summed E-state index contributed by atoms with van der Waals surface area (Å²) in [6.45, 7) is 6.67. The van der Waals surface area contributed by atoms with Crippen LogP contribution in [0.2, 0.25) is 0 Å². The number of fused-ring (bicyclic) bond motifs is 1.